The maximum absolute atomic E-state index is 12.5. The predicted molar refractivity (Wildman–Crippen MR) is 125 cm³/mol. The minimum absolute atomic E-state index is 0.0497. The zero-order chi connectivity index (χ0) is 22.7. The summed E-state index contributed by atoms with van der Waals surface area (Å²) < 4.78 is 6.91. The lowest BCUT2D eigenvalue weighted by atomic mass is 9.95. The number of nitrogens with zero attached hydrogens (tertiary/aromatic N) is 3. The molecular formula is C20H21ClN6O3S2. The molecule has 0 aliphatic heterocycles. The number of carbonyl (C=O) groups excluding carboxylic acids is 2. The van der Waals surface area contributed by atoms with E-state index in [2.05, 4.69) is 15.5 Å². The van der Waals surface area contributed by atoms with Crippen molar-refractivity contribution in [3.8, 4) is 5.75 Å². The van der Waals surface area contributed by atoms with Crippen molar-refractivity contribution in [2.75, 3.05) is 16.9 Å². The Labute approximate surface area is 197 Å². The van der Waals surface area contributed by atoms with Crippen LogP contribution < -0.4 is 21.6 Å². The molecule has 0 unspecified atom stereocenters. The van der Waals surface area contributed by atoms with E-state index in [4.69, 9.17) is 27.9 Å². The maximum Gasteiger partial charge on any atom is 0.251 e. The third kappa shape index (κ3) is 5.00. The highest BCUT2D eigenvalue weighted by Gasteiger charge is 2.25. The number of hydrogen-bond acceptors (Lipinski definition) is 8. The smallest absolute Gasteiger partial charge is 0.251 e. The van der Waals surface area contributed by atoms with E-state index in [0.29, 0.717) is 32.3 Å². The molecule has 0 spiro atoms. The van der Waals surface area contributed by atoms with Crippen molar-refractivity contribution in [2.24, 2.45) is 5.73 Å². The monoisotopic (exact) mass is 492 g/mol. The Morgan fingerprint density at radius 3 is 2.72 bits per heavy atom. The van der Waals surface area contributed by atoms with E-state index >= 15 is 0 Å². The molecule has 0 saturated carbocycles. The fourth-order valence-electron chi connectivity index (χ4n) is 3.39. The second kappa shape index (κ2) is 9.80. The quantitative estimate of drug-likeness (QED) is 0.324. The Bertz CT molecular complexity index is 1150. The fraction of sp³-hybridized carbons (Fsp3) is 0.300. The number of aryl methyl sites for hydroxylation is 1. The number of nitrogens with two attached hydrogens (primary N) is 2. The molecule has 3 aromatic rings. The van der Waals surface area contributed by atoms with E-state index < -0.39 is 5.91 Å². The Morgan fingerprint density at radius 1 is 1.22 bits per heavy atom. The average molecular weight is 493 g/mol. The van der Waals surface area contributed by atoms with E-state index in [1.54, 1.807) is 24.3 Å². The van der Waals surface area contributed by atoms with Gasteiger partial charge in [-0.05, 0) is 55.5 Å². The van der Waals surface area contributed by atoms with Gasteiger partial charge in [0.05, 0.1) is 11.3 Å². The zero-order valence-electron chi connectivity index (χ0n) is 17.0. The number of thioether (sulfide) groups is 1. The van der Waals surface area contributed by atoms with Gasteiger partial charge in [0.25, 0.3) is 5.91 Å². The first-order valence-corrected chi connectivity index (χ1v) is 12.0. The topological polar surface area (TPSA) is 138 Å². The molecule has 1 aromatic carbocycles. The highest BCUT2D eigenvalue weighted by atomic mass is 35.5. The van der Waals surface area contributed by atoms with Crippen molar-refractivity contribution in [1.82, 2.24) is 14.9 Å². The number of hydrogen-bond donors (Lipinski definition) is 3. The number of halogens is 1. The van der Waals surface area contributed by atoms with Gasteiger partial charge in [0.15, 0.2) is 5.82 Å². The van der Waals surface area contributed by atoms with Gasteiger partial charge in [0, 0.05) is 9.90 Å². The number of rotatable bonds is 8. The van der Waals surface area contributed by atoms with E-state index in [1.807, 2.05) is 0 Å². The normalized spacial score (nSPS) is 12.9. The third-order valence-corrected chi connectivity index (χ3v) is 7.32. The minimum Gasteiger partial charge on any atom is -0.486 e. The number of ether oxygens (including phenoxy) is 1. The van der Waals surface area contributed by atoms with Crippen molar-refractivity contribution in [2.45, 2.75) is 37.4 Å². The third-order valence-electron chi connectivity index (χ3n) is 4.92. The molecule has 0 radical (unpaired) electrons. The summed E-state index contributed by atoms with van der Waals surface area (Å²) in [5, 5.41) is 12.4. The highest BCUT2D eigenvalue weighted by molar-refractivity contribution is 7.99. The fourth-order valence-corrected chi connectivity index (χ4v) is 5.50. The number of benzene rings is 1. The van der Waals surface area contributed by atoms with Gasteiger partial charge < -0.3 is 21.6 Å². The van der Waals surface area contributed by atoms with Crippen LogP contribution in [0.5, 0.6) is 5.75 Å². The van der Waals surface area contributed by atoms with Crippen molar-refractivity contribution in [3.63, 3.8) is 0 Å². The molecule has 1 aliphatic rings. The lowest BCUT2D eigenvalue weighted by Gasteiger charge is -2.11. The Kier molecular flexibility index (Phi) is 6.87. The molecule has 5 N–H and O–H groups in total. The maximum atomic E-state index is 12.5. The van der Waals surface area contributed by atoms with E-state index in [1.165, 1.54) is 16.0 Å². The lowest BCUT2D eigenvalue weighted by Crippen LogP contribution is -2.20. The number of fused-ring (bicyclic) bond motifs is 1. The van der Waals surface area contributed by atoms with Gasteiger partial charge in [0.2, 0.25) is 11.1 Å². The molecule has 0 fully saturated rings. The van der Waals surface area contributed by atoms with Crippen LogP contribution in [0.15, 0.2) is 29.4 Å². The summed E-state index contributed by atoms with van der Waals surface area (Å²) in [7, 11) is 0. The molecule has 168 valence electrons. The van der Waals surface area contributed by atoms with E-state index in [-0.39, 0.29) is 18.3 Å². The molecule has 9 nitrogen and oxygen atoms in total. The van der Waals surface area contributed by atoms with Crippen LogP contribution in [0.2, 0.25) is 5.02 Å². The molecule has 4 rings (SSSR count). The number of amides is 2. The van der Waals surface area contributed by atoms with Gasteiger partial charge in [0.1, 0.15) is 17.4 Å². The SMILES string of the molecule is NC(=O)c1c(NC(=O)CSc2nnc(COc3ccc(Cl)cc3)n2N)sc2c1CCCC2. The largest absolute Gasteiger partial charge is 0.486 e. The number of nitrogen functional groups attached to an aromatic ring is 1. The summed E-state index contributed by atoms with van der Waals surface area (Å²) in [6, 6.07) is 6.92. The first-order chi connectivity index (χ1) is 15.4. The molecule has 2 heterocycles. The molecule has 32 heavy (non-hydrogen) atoms. The van der Waals surface area contributed by atoms with Crippen LogP contribution in [-0.2, 0) is 24.2 Å². The van der Waals surface area contributed by atoms with Crippen LogP contribution in [0.4, 0.5) is 5.00 Å². The van der Waals surface area contributed by atoms with Crippen molar-refractivity contribution in [3.05, 3.63) is 51.1 Å². The molecular weight excluding hydrogens is 472 g/mol. The predicted octanol–water partition coefficient (Wildman–Crippen LogP) is 2.99. The number of carbonyl (C=O) groups is 2. The Balaban J connectivity index is 1.35. The van der Waals surface area contributed by atoms with Gasteiger partial charge >= 0.3 is 0 Å². The number of primary amides is 1. The first kappa shape index (κ1) is 22.4. The second-order valence-corrected chi connectivity index (χ2v) is 9.61. The minimum atomic E-state index is -0.514. The number of nitrogens with one attached hydrogen (secondary N) is 1. The summed E-state index contributed by atoms with van der Waals surface area (Å²) in [4.78, 5) is 25.6. The van der Waals surface area contributed by atoms with Crippen molar-refractivity contribution >= 4 is 51.5 Å². The molecule has 2 amide bonds. The molecule has 0 atom stereocenters. The van der Waals surface area contributed by atoms with Crippen LogP contribution in [-0.4, -0.2) is 32.4 Å². The Morgan fingerprint density at radius 2 is 1.97 bits per heavy atom. The number of aromatic nitrogens is 3. The average Bonchev–Trinajstić information content (AvgIpc) is 3.31. The standard InChI is InChI=1S/C20H21ClN6O3S2/c21-11-5-7-12(8-6-11)30-9-15-25-26-20(27(15)23)31-10-16(28)24-19-17(18(22)29)13-3-1-2-4-14(13)32-19/h5-8H,1-4,9-10,23H2,(H2,22,29)(H,24,28). The highest BCUT2D eigenvalue weighted by Crippen LogP contribution is 2.38. The van der Waals surface area contributed by atoms with E-state index in [9.17, 15) is 9.59 Å². The number of anilines is 1. The zero-order valence-corrected chi connectivity index (χ0v) is 19.4. The Hall–Kier alpha value is -2.76. The van der Waals surface area contributed by atoms with Crippen LogP contribution in [0.25, 0.3) is 0 Å². The number of thiophene rings is 1. The van der Waals surface area contributed by atoms with Gasteiger partial charge in [-0.2, -0.15) is 0 Å². The molecule has 1 aliphatic carbocycles. The molecule has 12 heteroatoms. The van der Waals surface area contributed by atoms with Gasteiger partial charge in [-0.25, -0.2) is 4.68 Å². The van der Waals surface area contributed by atoms with Gasteiger partial charge in [-0.1, -0.05) is 23.4 Å². The van der Waals surface area contributed by atoms with Gasteiger partial charge in [-0.15, -0.1) is 21.5 Å². The van der Waals surface area contributed by atoms with Crippen molar-refractivity contribution in [1.29, 1.82) is 0 Å². The van der Waals surface area contributed by atoms with Crippen molar-refractivity contribution < 1.29 is 14.3 Å². The van der Waals surface area contributed by atoms with Crippen LogP contribution in [0.3, 0.4) is 0 Å². The second-order valence-electron chi connectivity index (χ2n) is 7.13. The van der Waals surface area contributed by atoms with E-state index in [0.717, 1.165) is 47.9 Å². The summed E-state index contributed by atoms with van der Waals surface area (Å²) in [6.07, 6.45) is 3.81. The summed E-state index contributed by atoms with van der Waals surface area (Å²) >= 11 is 8.42. The molecule has 0 saturated heterocycles. The van der Waals surface area contributed by atoms with Crippen LogP contribution in [0, 0.1) is 0 Å². The van der Waals surface area contributed by atoms with Crippen LogP contribution >= 0.6 is 34.7 Å². The summed E-state index contributed by atoms with van der Waals surface area (Å²) in [5.74, 6) is 6.32. The molecule has 2 aromatic heterocycles. The summed E-state index contributed by atoms with van der Waals surface area (Å²) in [5.41, 5.74) is 6.99. The summed E-state index contributed by atoms with van der Waals surface area (Å²) in [6.45, 7) is 0.112. The first-order valence-electron chi connectivity index (χ1n) is 9.87. The van der Waals surface area contributed by atoms with Crippen LogP contribution in [0.1, 0.15) is 39.5 Å². The lowest BCUT2D eigenvalue weighted by molar-refractivity contribution is -0.113. The van der Waals surface area contributed by atoms with Gasteiger partial charge in [-0.3, -0.25) is 9.59 Å². The molecule has 0 bridgehead atoms.